The van der Waals surface area contributed by atoms with E-state index in [0.29, 0.717) is 12.5 Å². The first kappa shape index (κ1) is 17.4. The molecule has 122 valence electrons. The summed E-state index contributed by atoms with van der Waals surface area (Å²) in [6.07, 6.45) is 1.69. The van der Waals surface area contributed by atoms with Crippen molar-refractivity contribution in [2.45, 2.75) is 27.7 Å². The summed E-state index contributed by atoms with van der Waals surface area (Å²) in [7, 11) is 0. The molecule has 6 heteroatoms. The normalized spacial score (nSPS) is 18.9. The maximum atomic E-state index is 14.0. The van der Waals surface area contributed by atoms with Gasteiger partial charge in [0.2, 0.25) is 0 Å². The average Bonchev–Trinajstić information content (AvgIpc) is 2.80. The summed E-state index contributed by atoms with van der Waals surface area (Å²) in [4.78, 5) is 11.7. The highest BCUT2D eigenvalue weighted by Crippen LogP contribution is 2.68. The smallest absolute Gasteiger partial charge is 0.264 e. The lowest BCUT2D eigenvalue weighted by molar-refractivity contribution is 0.0980. The van der Waals surface area contributed by atoms with Gasteiger partial charge in [0.1, 0.15) is 11.6 Å². The van der Waals surface area contributed by atoms with Gasteiger partial charge in [-0.05, 0) is 16.9 Å². The van der Waals surface area contributed by atoms with E-state index in [1.807, 2.05) is 0 Å². The predicted molar refractivity (Wildman–Crippen MR) is 88.9 cm³/mol. The Balaban J connectivity index is 2.11. The summed E-state index contributed by atoms with van der Waals surface area (Å²) in [5, 5.41) is 0.240. The Labute approximate surface area is 140 Å². The van der Waals surface area contributed by atoms with Gasteiger partial charge in [-0.1, -0.05) is 51.2 Å². The van der Waals surface area contributed by atoms with Crippen molar-refractivity contribution in [1.82, 2.24) is 4.72 Å². The van der Waals surface area contributed by atoms with Gasteiger partial charge in [0, 0.05) is 18.2 Å². The molecule has 1 aromatic carbocycles. The quantitative estimate of drug-likeness (QED) is 0.796. The van der Waals surface area contributed by atoms with Gasteiger partial charge in [0.05, 0.1) is 17.2 Å². The molecule has 1 aliphatic rings. The van der Waals surface area contributed by atoms with Crippen LogP contribution < -0.4 is 9.46 Å². The third-order valence-corrected chi connectivity index (χ3v) is 5.87. The number of hydrogen-bond donors (Lipinski definition) is 1. The second-order valence-corrected chi connectivity index (χ2v) is 7.72. The minimum atomic E-state index is -0.639. The SMILES string of the molecule is CSNC(=O)c1cc(Cl)c(OCC2C(C)(C)C2(C)C)cc1F. The number of nitrogens with one attached hydrogen (secondary N) is 1. The zero-order valence-electron chi connectivity index (χ0n) is 13.4. The topological polar surface area (TPSA) is 38.3 Å². The molecule has 0 unspecified atom stereocenters. The van der Waals surface area contributed by atoms with Crippen molar-refractivity contribution in [2.75, 3.05) is 12.9 Å². The maximum Gasteiger partial charge on any atom is 0.264 e. The molecule has 1 aromatic rings. The number of carbonyl (C=O) groups excluding carboxylic acids is 1. The molecule has 22 heavy (non-hydrogen) atoms. The Hall–Kier alpha value is -0.940. The Bertz CT molecular complexity index is 590. The van der Waals surface area contributed by atoms with Crippen LogP contribution in [0.25, 0.3) is 0 Å². The zero-order chi connectivity index (χ0) is 16.7. The lowest BCUT2D eigenvalue weighted by atomic mass is 10.0. The molecular weight excluding hydrogens is 325 g/mol. The van der Waals surface area contributed by atoms with E-state index >= 15 is 0 Å². The van der Waals surface area contributed by atoms with Gasteiger partial charge in [-0.2, -0.15) is 0 Å². The highest BCUT2D eigenvalue weighted by Gasteiger charge is 2.64. The van der Waals surface area contributed by atoms with E-state index in [9.17, 15) is 9.18 Å². The number of benzene rings is 1. The van der Waals surface area contributed by atoms with Crippen LogP contribution in [-0.2, 0) is 0 Å². The van der Waals surface area contributed by atoms with Crippen LogP contribution in [0.3, 0.4) is 0 Å². The number of amides is 1. The van der Waals surface area contributed by atoms with Gasteiger partial charge in [-0.15, -0.1) is 0 Å². The van der Waals surface area contributed by atoms with Crippen LogP contribution in [-0.4, -0.2) is 18.8 Å². The molecule has 0 saturated heterocycles. The minimum Gasteiger partial charge on any atom is -0.492 e. The van der Waals surface area contributed by atoms with E-state index in [4.69, 9.17) is 16.3 Å². The minimum absolute atomic E-state index is 0.0845. The van der Waals surface area contributed by atoms with Crippen LogP contribution in [0.2, 0.25) is 5.02 Å². The first-order valence-corrected chi connectivity index (χ1v) is 8.68. The summed E-state index contributed by atoms with van der Waals surface area (Å²) >= 11 is 7.22. The molecule has 0 radical (unpaired) electrons. The van der Waals surface area contributed by atoms with Crippen molar-refractivity contribution in [3.63, 3.8) is 0 Å². The summed E-state index contributed by atoms with van der Waals surface area (Å²) in [6.45, 7) is 9.26. The van der Waals surface area contributed by atoms with Crippen LogP contribution in [0.15, 0.2) is 12.1 Å². The van der Waals surface area contributed by atoms with Crippen molar-refractivity contribution in [3.8, 4) is 5.75 Å². The third kappa shape index (κ3) is 2.93. The number of hydrogen-bond acceptors (Lipinski definition) is 3. The summed E-state index contributed by atoms with van der Waals surface area (Å²) in [5.41, 5.74) is 0.297. The first-order valence-electron chi connectivity index (χ1n) is 7.08. The van der Waals surface area contributed by atoms with E-state index in [0.717, 1.165) is 11.9 Å². The fraction of sp³-hybridized carbons (Fsp3) is 0.562. The van der Waals surface area contributed by atoms with Crippen LogP contribution in [0, 0.1) is 22.6 Å². The van der Waals surface area contributed by atoms with Crippen LogP contribution in [0.4, 0.5) is 4.39 Å². The van der Waals surface area contributed by atoms with Gasteiger partial charge in [0.25, 0.3) is 5.91 Å². The van der Waals surface area contributed by atoms with Gasteiger partial charge < -0.3 is 4.74 Å². The highest BCUT2D eigenvalue weighted by atomic mass is 35.5. The van der Waals surface area contributed by atoms with Crippen molar-refractivity contribution < 1.29 is 13.9 Å². The summed E-state index contributed by atoms with van der Waals surface area (Å²) in [5.74, 6) is -0.486. The molecule has 1 aliphatic carbocycles. The van der Waals surface area contributed by atoms with Crippen molar-refractivity contribution in [3.05, 3.63) is 28.5 Å². The second kappa shape index (κ2) is 5.93. The van der Waals surface area contributed by atoms with Crippen LogP contribution in [0.5, 0.6) is 5.75 Å². The lowest BCUT2D eigenvalue weighted by Gasteiger charge is -2.11. The van der Waals surface area contributed by atoms with Gasteiger partial charge in [0.15, 0.2) is 0 Å². The molecule has 0 bridgehead atoms. The Morgan fingerprint density at radius 2 is 1.95 bits per heavy atom. The average molecular weight is 346 g/mol. The molecule has 0 aliphatic heterocycles. The fourth-order valence-corrected chi connectivity index (χ4v) is 3.40. The molecule has 3 nitrogen and oxygen atoms in total. The predicted octanol–water partition coefficient (Wildman–Crippen LogP) is 4.55. The molecule has 1 amide bonds. The third-order valence-electron chi connectivity index (χ3n) is 5.19. The van der Waals surface area contributed by atoms with E-state index in [1.165, 1.54) is 12.1 Å². The Kier molecular flexibility index (Phi) is 4.69. The molecular formula is C16H21ClFNO2S. The fourth-order valence-electron chi connectivity index (χ4n) is 2.88. The molecule has 2 rings (SSSR count). The highest BCUT2D eigenvalue weighted by molar-refractivity contribution is 7.97. The number of ether oxygens (including phenoxy) is 1. The molecule has 0 aromatic heterocycles. The number of rotatable bonds is 5. The van der Waals surface area contributed by atoms with Crippen molar-refractivity contribution in [2.24, 2.45) is 16.7 Å². The number of carbonyl (C=O) groups is 1. The van der Waals surface area contributed by atoms with E-state index in [1.54, 1.807) is 6.26 Å². The monoisotopic (exact) mass is 345 g/mol. The Morgan fingerprint density at radius 3 is 2.45 bits per heavy atom. The first-order chi connectivity index (χ1) is 10.1. The molecule has 0 heterocycles. The van der Waals surface area contributed by atoms with Gasteiger partial charge in [-0.25, -0.2) is 4.39 Å². The van der Waals surface area contributed by atoms with Crippen molar-refractivity contribution >= 4 is 29.5 Å². The van der Waals surface area contributed by atoms with Crippen LogP contribution >= 0.6 is 23.5 Å². The molecule has 0 atom stereocenters. The largest absolute Gasteiger partial charge is 0.492 e. The molecule has 1 fully saturated rings. The van der Waals surface area contributed by atoms with E-state index < -0.39 is 11.7 Å². The Morgan fingerprint density at radius 1 is 1.36 bits per heavy atom. The molecule has 1 saturated carbocycles. The molecule has 0 spiro atoms. The zero-order valence-corrected chi connectivity index (χ0v) is 15.0. The lowest BCUT2D eigenvalue weighted by Crippen LogP contribution is -2.17. The van der Waals surface area contributed by atoms with Crippen LogP contribution in [0.1, 0.15) is 38.1 Å². The molecule has 1 N–H and O–H groups in total. The summed E-state index contributed by atoms with van der Waals surface area (Å²) < 4.78 is 22.2. The summed E-state index contributed by atoms with van der Waals surface area (Å²) in [6, 6.07) is 2.49. The number of halogens is 2. The van der Waals surface area contributed by atoms with Crippen molar-refractivity contribution in [1.29, 1.82) is 0 Å². The second-order valence-electron chi connectivity index (χ2n) is 6.70. The maximum absolute atomic E-state index is 14.0. The van der Waals surface area contributed by atoms with Gasteiger partial charge in [-0.3, -0.25) is 9.52 Å². The van der Waals surface area contributed by atoms with E-state index in [-0.39, 0.29) is 27.2 Å². The van der Waals surface area contributed by atoms with E-state index in [2.05, 4.69) is 32.4 Å². The van der Waals surface area contributed by atoms with Gasteiger partial charge >= 0.3 is 0 Å². The standard InChI is InChI=1S/C16H21ClFNO2S/c1-15(2)13(16(15,3)4)8-21-12-7-11(18)9(6-10(12)17)14(20)19-22-5/h6-7,13H,8H2,1-5H3,(H,19,20).